The van der Waals surface area contributed by atoms with Gasteiger partial charge in [0.05, 0.1) is 6.26 Å². The average molecular weight is 175 g/mol. The van der Waals surface area contributed by atoms with Crippen molar-refractivity contribution in [1.82, 2.24) is 0 Å². The predicted molar refractivity (Wildman–Crippen MR) is 55.8 cm³/mol. The monoisotopic (exact) mass is 175 g/mol. The topological polar surface area (TPSA) is 35.2 Å². The molecule has 0 heterocycles. The van der Waals surface area contributed by atoms with Crippen LogP contribution < -0.4 is 5.73 Å². The number of hydrogen-bond donors (Lipinski definition) is 1. The first kappa shape index (κ1) is 9.39. The first-order valence-electron chi connectivity index (χ1n) is 4.08. The van der Waals surface area contributed by atoms with Crippen molar-refractivity contribution in [3.8, 4) is 0 Å². The molecular weight excluding hydrogens is 162 g/mol. The van der Waals surface area contributed by atoms with Crippen LogP contribution in [0.15, 0.2) is 43.2 Å². The molecule has 68 valence electrons. The molecule has 1 rings (SSSR count). The molecule has 2 heteroatoms. The van der Waals surface area contributed by atoms with Gasteiger partial charge in [-0.1, -0.05) is 18.7 Å². The van der Waals surface area contributed by atoms with E-state index >= 15 is 0 Å². The van der Waals surface area contributed by atoms with Crippen LogP contribution in [0.2, 0.25) is 0 Å². The van der Waals surface area contributed by atoms with Gasteiger partial charge in [-0.2, -0.15) is 0 Å². The Morgan fingerprint density at radius 2 is 2.15 bits per heavy atom. The number of para-hydroxylation sites is 1. The molecule has 0 aliphatic carbocycles. The number of anilines is 1. The van der Waals surface area contributed by atoms with Gasteiger partial charge in [0.1, 0.15) is 5.76 Å². The second kappa shape index (κ2) is 4.36. The lowest BCUT2D eigenvalue weighted by molar-refractivity contribution is 0.438. The largest absolute Gasteiger partial charge is 0.465 e. The van der Waals surface area contributed by atoms with Crippen molar-refractivity contribution in [3.63, 3.8) is 0 Å². The maximum Gasteiger partial charge on any atom is 0.131 e. The summed E-state index contributed by atoms with van der Waals surface area (Å²) in [6.45, 7) is 5.39. The molecule has 0 unspecified atom stereocenters. The van der Waals surface area contributed by atoms with Gasteiger partial charge in [-0.25, -0.2) is 0 Å². The fourth-order valence-corrected chi connectivity index (χ4v) is 1.10. The fourth-order valence-electron chi connectivity index (χ4n) is 1.10. The lowest BCUT2D eigenvalue weighted by Crippen LogP contribution is -1.93. The molecule has 0 bridgehead atoms. The first-order valence-corrected chi connectivity index (χ1v) is 4.08. The summed E-state index contributed by atoms with van der Waals surface area (Å²) in [5, 5.41) is 0. The Bertz CT molecular complexity index is 329. The lowest BCUT2D eigenvalue weighted by Gasteiger charge is -2.07. The van der Waals surface area contributed by atoms with Gasteiger partial charge in [0, 0.05) is 11.3 Å². The normalized spacial score (nSPS) is 11.0. The molecule has 2 nitrogen and oxygen atoms in total. The van der Waals surface area contributed by atoms with E-state index in [-0.39, 0.29) is 0 Å². The van der Waals surface area contributed by atoms with E-state index in [1.807, 2.05) is 37.3 Å². The molecule has 1 aromatic rings. The van der Waals surface area contributed by atoms with Crippen LogP contribution >= 0.6 is 0 Å². The molecule has 0 aromatic heterocycles. The standard InChI is InChI=1S/C11H13NO/c1-3-11(13-4-2)9-7-5-6-8-10(9)12/h3-8H,2,12H2,1H3/b11-3-. The number of rotatable bonds is 3. The van der Waals surface area contributed by atoms with Crippen molar-refractivity contribution < 1.29 is 4.74 Å². The minimum Gasteiger partial charge on any atom is -0.465 e. The molecule has 0 amide bonds. The van der Waals surface area contributed by atoms with Crippen molar-refractivity contribution in [3.05, 3.63) is 48.7 Å². The van der Waals surface area contributed by atoms with Crippen LogP contribution in [-0.4, -0.2) is 0 Å². The molecule has 0 spiro atoms. The second-order valence-electron chi connectivity index (χ2n) is 2.52. The van der Waals surface area contributed by atoms with Gasteiger partial charge in [0.15, 0.2) is 0 Å². The van der Waals surface area contributed by atoms with Crippen molar-refractivity contribution in [2.45, 2.75) is 6.92 Å². The van der Waals surface area contributed by atoms with Crippen molar-refractivity contribution in [1.29, 1.82) is 0 Å². The zero-order valence-corrected chi connectivity index (χ0v) is 7.66. The van der Waals surface area contributed by atoms with E-state index in [9.17, 15) is 0 Å². The summed E-state index contributed by atoms with van der Waals surface area (Å²) < 4.78 is 5.20. The van der Waals surface area contributed by atoms with Gasteiger partial charge in [-0.05, 0) is 25.1 Å². The Morgan fingerprint density at radius 3 is 2.69 bits per heavy atom. The molecule has 1 aromatic carbocycles. The van der Waals surface area contributed by atoms with Crippen molar-refractivity contribution in [2.24, 2.45) is 0 Å². The Hall–Kier alpha value is -1.70. The number of nitrogen functional groups attached to an aromatic ring is 1. The van der Waals surface area contributed by atoms with Gasteiger partial charge in [-0.15, -0.1) is 0 Å². The van der Waals surface area contributed by atoms with Crippen LogP contribution in [0, 0.1) is 0 Å². The number of ether oxygens (including phenoxy) is 1. The van der Waals surface area contributed by atoms with Crippen LogP contribution in [0.5, 0.6) is 0 Å². The smallest absolute Gasteiger partial charge is 0.131 e. The number of allylic oxidation sites excluding steroid dienone is 1. The van der Waals surface area contributed by atoms with Crippen LogP contribution in [-0.2, 0) is 4.74 Å². The zero-order chi connectivity index (χ0) is 9.68. The van der Waals surface area contributed by atoms with Gasteiger partial charge in [0.2, 0.25) is 0 Å². The zero-order valence-electron chi connectivity index (χ0n) is 7.66. The highest BCUT2D eigenvalue weighted by molar-refractivity contribution is 5.70. The third kappa shape index (κ3) is 2.12. The third-order valence-electron chi connectivity index (χ3n) is 1.70. The molecule has 0 radical (unpaired) electrons. The fraction of sp³-hybridized carbons (Fsp3) is 0.0909. The van der Waals surface area contributed by atoms with Gasteiger partial charge < -0.3 is 10.5 Å². The summed E-state index contributed by atoms with van der Waals surface area (Å²) in [6.07, 6.45) is 3.25. The minimum absolute atomic E-state index is 0.706. The average Bonchev–Trinajstić information content (AvgIpc) is 2.16. The maximum atomic E-state index is 5.77. The SMILES string of the molecule is C=CO/C(=C\C)c1ccccc1N. The van der Waals surface area contributed by atoms with Crippen molar-refractivity contribution in [2.75, 3.05) is 5.73 Å². The van der Waals surface area contributed by atoms with Crippen LogP contribution in [0.3, 0.4) is 0 Å². The van der Waals surface area contributed by atoms with Gasteiger partial charge in [0.25, 0.3) is 0 Å². The third-order valence-corrected chi connectivity index (χ3v) is 1.70. The molecule has 0 aliphatic rings. The van der Waals surface area contributed by atoms with Crippen LogP contribution in [0.4, 0.5) is 5.69 Å². The van der Waals surface area contributed by atoms with E-state index in [1.54, 1.807) is 0 Å². The number of nitrogens with two attached hydrogens (primary N) is 1. The molecule has 0 fully saturated rings. The van der Waals surface area contributed by atoms with Crippen molar-refractivity contribution >= 4 is 11.4 Å². The van der Waals surface area contributed by atoms with E-state index in [4.69, 9.17) is 10.5 Å². The molecule has 0 aliphatic heterocycles. The lowest BCUT2D eigenvalue weighted by atomic mass is 10.1. The molecule has 0 atom stereocenters. The Balaban J connectivity index is 3.05. The van der Waals surface area contributed by atoms with E-state index in [1.165, 1.54) is 6.26 Å². The minimum atomic E-state index is 0.706. The predicted octanol–water partition coefficient (Wildman–Crippen LogP) is 2.79. The first-order chi connectivity index (χ1) is 6.29. The molecule has 0 saturated carbocycles. The number of benzene rings is 1. The van der Waals surface area contributed by atoms with Gasteiger partial charge >= 0.3 is 0 Å². The van der Waals surface area contributed by atoms with Gasteiger partial charge in [-0.3, -0.25) is 0 Å². The highest BCUT2D eigenvalue weighted by atomic mass is 16.5. The molecule has 13 heavy (non-hydrogen) atoms. The van der Waals surface area contributed by atoms with E-state index in [0.29, 0.717) is 5.69 Å². The van der Waals surface area contributed by atoms with E-state index < -0.39 is 0 Å². The summed E-state index contributed by atoms with van der Waals surface area (Å²) in [4.78, 5) is 0. The highest BCUT2D eigenvalue weighted by Crippen LogP contribution is 2.21. The summed E-state index contributed by atoms with van der Waals surface area (Å²) in [5.41, 5.74) is 7.37. The summed E-state index contributed by atoms with van der Waals surface area (Å²) >= 11 is 0. The molecule has 2 N–H and O–H groups in total. The summed E-state index contributed by atoms with van der Waals surface area (Å²) in [6, 6.07) is 7.56. The van der Waals surface area contributed by atoms with E-state index in [0.717, 1.165) is 11.3 Å². The summed E-state index contributed by atoms with van der Waals surface area (Å²) in [7, 11) is 0. The Kier molecular flexibility index (Phi) is 3.15. The Morgan fingerprint density at radius 1 is 1.46 bits per heavy atom. The quantitative estimate of drug-likeness (QED) is 0.566. The number of hydrogen-bond acceptors (Lipinski definition) is 2. The van der Waals surface area contributed by atoms with E-state index in [2.05, 4.69) is 6.58 Å². The summed E-state index contributed by atoms with van der Waals surface area (Å²) in [5.74, 6) is 0.730. The highest BCUT2D eigenvalue weighted by Gasteiger charge is 2.03. The maximum absolute atomic E-state index is 5.77. The molecule has 0 saturated heterocycles. The second-order valence-corrected chi connectivity index (χ2v) is 2.52. The van der Waals surface area contributed by atoms with Crippen LogP contribution in [0.25, 0.3) is 5.76 Å². The Labute approximate surface area is 78.3 Å². The molecular formula is C11H13NO. The van der Waals surface area contributed by atoms with Crippen LogP contribution in [0.1, 0.15) is 12.5 Å².